The van der Waals surface area contributed by atoms with Crippen LogP contribution in [0.5, 0.6) is 0 Å². The van der Waals surface area contributed by atoms with Crippen LogP contribution >= 0.6 is 0 Å². The minimum Gasteiger partial charge on any atom is -0.338 e. The molecule has 2 amide bonds. The Morgan fingerprint density at radius 1 is 1.27 bits per heavy atom. The van der Waals surface area contributed by atoms with Gasteiger partial charge in [-0.1, -0.05) is 19.3 Å². The fourth-order valence-corrected chi connectivity index (χ4v) is 2.87. The number of hydrogen-bond acceptors (Lipinski definition) is 4. The van der Waals surface area contributed by atoms with Crippen LogP contribution in [0, 0.1) is 0 Å². The summed E-state index contributed by atoms with van der Waals surface area (Å²) in [6.45, 7) is 0.661. The minimum atomic E-state index is -0.0447. The van der Waals surface area contributed by atoms with Crippen molar-refractivity contribution < 1.29 is 4.79 Å². The quantitative estimate of drug-likeness (QED) is 0.823. The smallest absolute Gasteiger partial charge is 0.315 e. The van der Waals surface area contributed by atoms with Crippen molar-refractivity contribution >= 4 is 11.8 Å². The van der Waals surface area contributed by atoms with Crippen molar-refractivity contribution in [3.05, 3.63) is 24.3 Å². The molecule has 0 saturated heterocycles. The van der Waals surface area contributed by atoms with Gasteiger partial charge in [-0.25, -0.2) is 14.3 Å². The zero-order valence-electron chi connectivity index (χ0n) is 12.7. The van der Waals surface area contributed by atoms with Crippen LogP contribution in [-0.4, -0.2) is 38.2 Å². The number of amides is 2. The van der Waals surface area contributed by atoms with E-state index in [4.69, 9.17) is 0 Å². The van der Waals surface area contributed by atoms with Crippen molar-refractivity contribution in [3.63, 3.8) is 0 Å². The standard InChI is InChI=1S/C15H22N6O/c22-15(20-13-6-2-1-3-7-13)16-8-4-5-12-9-17-14-18-11-19-21(14)10-12/h9-11,13H,1-8H2,(H2,16,20,22). The second-order valence-electron chi connectivity index (χ2n) is 5.81. The van der Waals surface area contributed by atoms with Gasteiger partial charge in [0.25, 0.3) is 5.78 Å². The molecule has 0 atom stereocenters. The summed E-state index contributed by atoms with van der Waals surface area (Å²) in [7, 11) is 0. The van der Waals surface area contributed by atoms with Gasteiger partial charge in [0.15, 0.2) is 0 Å². The van der Waals surface area contributed by atoms with E-state index in [0.717, 1.165) is 31.2 Å². The summed E-state index contributed by atoms with van der Waals surface area (Å²) in [5.74, 6) is 0.605. The van der Waals surface area contributed by atoms with E-state index in [1.54, 1.807) is 4.52 Å². The number of urea groups is 1. The van der Waals surface area contributed by atoms with E-state index < -0.39 is 0 Å². The highest BCUT2D eigenvalue weighted by atomic mass is 16.2. The van der Waals surface area contributed by atoms with Gasteiger partial charge in [0, 0.05) is 25.0 Å². The van der Waals surface area contributed by atoms with E-state index >= 15 is 0 Å². The van der Waals surface area contributed by atoms with Crippen LogP contribution in [0.4, 0.5) is 4.79 Å². The first kappa shape index (κ1) is 14.7. The molecule has 0 bridgehead atoms. The fraction of sp³-hybridized carbons (Fsp3) is 0.600. The third-order valence-corrected chi connectivity index (χ3v) is 4.06. The molecule has 3 rings (SSSR count). The first-order valence-corrected chi connectivity index (χ1v) is 8.00. The van der Waals surface area contributed by atoms with Crippen molar-refractivity contribution in [2.45, 2.75) is 51.0 Å². The normalized spacial score (nSPS) is 15.8. The number of nitrogens with one attached hydrogen (secondary N) is 2. The lowest BCUT2D eigenvalue weighted by molar-refractivity contribution is 0.232. The van der Waals surface area contributed by atoms with Crippen molar-refractivity contribution in [3.8, 4) is 0 Å². The van der Waals surface area contributed by atoms with E-state index in [2.05, 4.69) is 25.7 Å². The van der Waals surface area contributed by atoms with Crippen molar-refractivity contribution in [2.24, 2.45) is 0 Å². The minimum absolute atomic E-state index is 0.0447. The summed E-state index contributed by atoms with van der Waals surface area (Å²) in [4.78, 5) is 20.0. The van der Waals surface area contributed by atoms with Gasteiger partial charge in [-0.05, 0) is 31.2 Å². The maximum absolute atomic E-state index is 11.8. The first-order valence-electron chi connectivity index (χ1n) is 8.00. The second-order valence-corrected chi connectivity index (χ2v) is 5.81. The molecule has 2 N–H and O–H groups in total. The number of fused-ring (bicyclic) bond motifs is 1. The predicted octanol–water partition coefficient (Wildman–Crippen LogP) is 1.69. The topological polar surface area (TPSA) is 84.2 Å². The number of aryl methyl sites for hydroxylation is 1. The molecule has 1 aliphatic carbocycles. The summed E-state index contributed by atoms with van der Waals surface area (Å²) in [6.07, 6.45) is 12.9. The van der Waals surface area contributed by atoms with Gasteiger partial charge in [0.1, 0.15) is 6.33 Å². The largest absolute Gasteiger partial charge is 0.338 e. The molecular weight excluding hydrogens is 280 g/mol. The summed E-state index contributed by atoms with van der Waals surface area (Å²) in [6, 6.07) is 0.310. The molecule has 1 fully saturated rings. The monoisotopic (exact) mass is 302 g/mol. The van der Waals surface area contributed by atoms with Gasteiger partial charge in [0.2, 0.25) is 0 Å². The Morgan fingerprint density at radius 2 is 2.14 bits per heavy atom. The average molecular weight is 302 g/mol. The Bertz CT molecular complexity index is 619. The third kappa shape index (κ3) is 3.93. The molecule has 22 heavy (non-hydrogen) atoms. The van der Waals surface area contributed by atoms with Crippen LogP contribution in [-0.2, 0) is 6.42 Å². The molecule has 1 aliphatic rings. The van der Waals surface area contributed by atoms with Gasteiger partial charge in [0.05, 0.1) is 0 Å². The predicted molar refractivity (Wildman–Crippen MR) is 82.5 cm³/mol. The fourth-order valence-electron chi connectivity index (χ4n) is 2.87. The number of nitrogens with zero attached hydrogens (tertiary/aromatic N) is 4. The highest BCUT2D eigenvalue weighted by Crippen LogP contribution is 2.17. The van der Waals surface area contributed by atoms with Crippen LogP contribution in [0.15, 0.2) is 18.7 Å². The van der Waals surface area contributed by atoms with Gasteiger partial charge in [-0.2, -0.15) is 10.1 Å². The maximum atomic E-state index is 11.8. The Balaban J connectivity index is 1.36. The third-order valence-electron chi connectivity index (χ3n) is 4.06. The molecule has 2 aromatic heterocycles. The van der Waals surface area contributed by atoms with Crippen molar-refractivity contribution in [1.82, 2.24) is 30.2 Å². The van der Waals surface area contributed by atoms with Gasteiger partial charge >= 0.3 is 6.03 Å². The summed E-state index contributed by atoms with van der Waals surface area (Å²) < 4.78 is 1.67. The summed E-state index contributed by atoms with van der Waals surface area (Å²) in [5, 5.41) is 10.0. The first-order chi connectivity index (χ1) is 10.8. The van der Waals surface area contributed by atoms with Crippen LogP contribution in [0.1, 0.15) is 44.1 Å². The Hall–Kier alpha value is -2.18. The van der Waals surface area contributed by atoms with Crippen LogP contribution < -0.4 is 10.6 Å². The highest BCUT2D eigenvalue weighted by molar-refractivity contribution is 5.74. The SMILES string of the molecule is O=C(NCCCc1cnc2ncnn2c1)NC1CCCCC1. The van der Waals surface area contributed by atoms with E-state index in [1.165, 1.54) is 25.6 Å². The Morgan fingerprint density at radius 3 is 3.00 bits per heavy atom. The molecule has 0 aromatic carbocycles. The molecule has 2 heterocycles. The van der Waals surface area contributed by atoms with Crippen LogP contribution in [0.3, 0.4) is 0 Å². The summed E-state index contributed by atoms with van der Waals surface area (Å²) in [5.41, 5.74) is 1.09. The molecule has 0 unspecified atom stereocenters. The highest BCUT2D eigenvalue weighted by Gasteiger charge is 2.14. The molecule has 2 aromatic rings. The zero-order valence-corrected chi connectivity index (χ0v) is 12.7. The maximum Gasteiger partial charge on any atom is 0.315 e. The molecule has 0 radical (unpaired) electrons. The van der Waals surface area contributed by atoms with E-state index in [0.29, 0.717) is 18.4 Å². The lowest BCUT2D eigenvalue weighted by Crippen LogP contribution is -2.43. The number of aromatic nitrogens is 4. The van der Waals surface area contributed by atoms with E-state index in [1.807, 2.05) is 12.4 Å². The van der Waals surface area contributed by atoms with Crippen LogP contribution in [0.2, 0.25) is 0 Å². The Kier molecular flexibility index (Phi) is 4.82. The lowest BCUT2D eigenvalue weighted by atomic mass is 9.96. The Labute approximate surface area is 129 Å². The molecule has 7 nitrogen and oxygen atoms in total. The average Bonchev–Trinajstić information content (AvgIpc) is 3.00. The van der Waals surface area contributed by atoms with Gasteiger partial charge < -0.3 is 10.6 Å². The number of carbonyl (C=O) groups is 1. The molecule has 0 aliphatic heterocycles. The zero-order chi connectivity index (χ0) is 15.2. The number of carbonyl (C=O) groups excluding carboxylic acids is 1. The molecule has 1 saturated carbocycles. The lowest BCUT2D eigenvalue weighted by Gasteiger charge is -2.22. The van der Waals surface area contributed by atoms with Crippen LogP contribution in [0.25, 0.3) is 5.78 Å². The van der Waals surface area contributed by atoms with Gasteiger partial charge in [-0.3, -0.25) is 0 Å². The molecule has 118 valence electrons. The van der Waals surface area contributed by atoms with Crippen molar-refractivity contribution in [1.29, 1.82) is 0 Å². The number of hydrogen-bond donors (Lipinski definition) is 2. The molecular formula is C15H22N6O. The van der Waals surface area contributed by atoms with Gasteiger partial charge in [-0.15, -0.1) is 0 Å². The van der Waals surface area contributed by atoms with E-state index in [9.17, 15) is 4.79 Å². The summed E-state index contributed by atoms with van der Waals surface area (Å²) >= 11 is 0. The number of rotatable bonds is 5. The molecule has 7 heteroatoms. The van der Waals surface area contributed by atoms with E-state index in [-0.39, 0.29) is 6.03 Å². The molecule has 0 spiro atoms. The van der Waals surface area contributed by atoms with Crippen molar-refractivity contribution in [2.75, 3.05) is 6.54 Å². The second kappa shape index (κ2) is 7.20.